The Bertz CT molecular complexity index is 345. The van der Waals surface area contributed by atoms with Gasteiger partial charge in [0.25, 0.3) is 0 Å². The third-order valence-electron chi connectivity index (χ3n) is 3.88. The Hall–Kier alpha value is -0.860. The monoisotopic (exact) mass is 233 g/mol. The second kappa shape index (κ2) is 6.18. The number of ether oxygens (including phenoxy) is 1. The van der Waals surface area contributed by atoms with E-state index in [1.54, 1.807) is 0 Å². The summed E-state index contributed by atoms with van der Waals surface area (Å²) in [4.78, 5) is 0. The number of rotatable bonds is 4. The minimum atomic E-state index is 0.636. The summed E-state index contributed by atoms with van der Waals surface area (Å²) < 4.78 is 5.43. The fourth-order valence-electron chi connectivity index (χ4n) is 2.69. The van der Waals surface area contributed by atoms with Crippen LogP contribution in [0, 0.1) is 5.92 Å². The molecule has 2 nitrogen and oxygen atoms in total. The molecule has 2 heteroatoms. The van der Waals surface area contributed by atoms with Crippen molar-refractivity contribution in [3.63, 3.8) is 0 Å². The molecule has 0 aromatic heterocycles. The molecule has 1 fully saturated rings. The molecule has 1 aromatic carbocycles. The highest BCUT2D eigenvalue weighted by atomic mass is 16.5. The normalized spacial score (nSPS) is 19.2. The SMILES string of the molecule is CC(c1cccc(CCN)c1)C1CCOCC1. The van der Waals surface area contributed by atoms with Gasteiger partial charge in [-0.05, 0) is 48.8 Å². The van der Waals surface area contributed by atoms with Gasteiger partial charge in [0.15, 0.2) is 0 Å². The zero-order chi connectivity index (χ0) is 12.1. The van der Waals surface area contributed by atoms with Gasteiger partial charge in [0.1, 0.15) is 0 Å². The van der Waals surface area contributed by atoms with E-state index in [-0.39, 0.29) is 0 Å². The minimum Gasteiger partial charge on any atom is -0.381 e. The van der Waals surface area contributed by atoms with Crippen LogP contribution in [0.3, 0.4) is 0 Å². The Labute approximate surface area is 104 Å². The lowest BCUT2D eigenvalue weighted by atomic mass is 9.82. The molecule has 1 saturated heterocycles. The zero-order valence-electron chi connectivity index (χ0n) is 10.7. The second-order valence-electron chi connectivity index (χ2n) is 5.02. The zero-order valence-corrected chi connectivity index (χ0v) is 10.7. The first-order valence-electron chi connectivity index (χ1n) is 6.68. The van der Waals surface area contributed by atoms with Gasteiger partial charge in [-0.3, -0.25) is 0 Å². The predicted molar refractivity (Wildman–Crippen MR) is 71.2 cm³/mol. The van der Waals surface area contributed by atoms with Crippen molar-refractivity contribution in [3.8, 4) is 0 Å². The summed E-state index contributed by atoms with van der Waals surface area (Å²) in [5.74, 6) is 1.41. The molecule has 0 bridgehead atoms. The van der Waals surface area contributed by atoms with Crippen molar-refractivity contribution < 1.29 is 4.74 Å². The lowest BCUT2D eigenvalue weighted by Crippen LogP contribution is -2.20. The Morgan fingerprint density at radius 2 is 2.12 bits per heavy atom. The van der Waals surface area contributed by atoms with Crippen molar-refractivity contribution >= 4 is 0 Å². The molecule has 1 aliphatic heterocycles. The Balaban J connectivity index is 2.06. The van der Waals surface area contributed by atoms with Crippen LogP contribution in [0.25, 0.3) is 0 Å². The van der Waals surface area contributed by atoms with Crippen LogP contribution in [0.1, 0.15) is 36.8 Å². The highest BCUT2D eigenvalue weighted by molar-refractivity contribution is 5.27. The molecule has 1 atom stereocenters. The van der Waals surface area contributed by atoms with Gasteiger partial charge in [0, 0.05) is 13.2 Å². The molecule has 0 saturated carbocycles. The fourth-order valence-corrected chi connectivity index (χ4v) is 2.69. The van der Waals surface area contributed by atoms with E-state index in [9.17, 15) is 0 Å². The minimum absolute atomic E-state index is 0.636. The van der Waals surface area contributed by atoms with E-state index in [0.717, 1.165) is 32.1 Å². The van der Waals surface area contributed by atoms with E-state index in [1.807, 2.05) is 0 Å². The van der Waals surface area contributed by atoms with Gasteiger partial charge in [0.2, 0.25) is 0 Å². The van der Waals surface area contributed by atoms with Crippen molar-refractivity contribution in [2.75, 3.05) is 19.8 Å². The quantitative estimate of drug-likeness (QED) is 0.868. The van der Waals surface area contributed by atoms with Crippen LogP contribution in [0.4, 0.5) is 0 Å². The molecule has 1 heterocycles. The van der Waals surface area contributed by atoms with Crippen molar-refractivity contribution in [3.05, 3.63) is 35.4 Å². The summed E-state index contributed by atoms with van der Waals surface area (Å²) in [7, 11) is 0. The van der Waals surface area contributed by atoms with E-state index < -0.39 is 0 Å². The van der Waals surface area contributed by atoms with Crippen LogP contribution in [-0.2, 0) is 11.2 Å². The molecule has 0 spiro atoms. The molecule has 0 aliphatic carbocycles. The van der Waals surface area contributed by atoms with Crippen LogP contribution in [-0.4, -0.2) is 19.8 Å². The molecule has 2 rings (SSSR count). The van der Waals surface area contributed by atoms with Crippen LogP contribution in [0.2, 0.25) is 0 Å². The van der Waals surface area contributed by atoms with Crippen LogP contribution >= 0.6 is 0 Å². The van der Waals surface area contributed by atoms with Crippen molar-refractivity contribution in [2.24, 2.45) is 11.7 Å². The van der Waals surface area contributed by atoms with Gasteiger partial charge in [-0.2, -0.15) is 0 Å². The van der Waals surface area contributed by atoms with Crippen molar-refractivity contribution in [2.45, 2.75) is 32.1 Å². The van der Waals surface area contributed by atoms with E-state index in [0.29, 0.717) is 5.92 Å². The average Bonchev–Trinajstić information content (AvgIpc) is 2.40. The van der Waals surface area contributed by atoms with E-state index in [4.69, 9.17) is 10.5 Å². The molecule has 94 valence electrons. The third kappa shape index (κ3) is 3.30. The summed E-state index contributed by atoms with van der Waals surface area (Å²) in [5, 5.41) is 0. The highest BCUT2D eigenvalue weighted by Gasteiger charge is 2.21. The molecule has 1 aliphatic rings. The molecule has 1 aromatic rings. The van der Waals surface area contributed by atoms with E-state index in [2.05, 4.69) is 31.2 Å². The van der Waals surface area contributed by atoms with Gasteiger partial charge in [0.05, 0.1) is 0 Å². The lowest BCUT2D eigenvalue weighted by Gasteiger charge is -2.28. The summed E-state index contributed by atoms with van der Waals surface area (Å²) in [5.41, 5.74) is 8.44. The topological polar surface area (TPSA) is 35.2 Å². The van der Waals surface area contributed by atoms with Crippen LogP contribution in [0.15, 0.2) is 24.3 Å². The van der Waals surface area contributed by atoms with Crippen LogP contribution < -0.4 is 5.73 Å². The number of hydrogen-bond acceptors (Lipinski definition) is 2. The first-order valence-corrected chi connectivity index (χ1v) is 6.68. The molecule has 0 radical (unpaired) electrons. The standard InChI is InChI=1S/C15H23NO/c1-12(14-6-9-17-10-7-14)15-4-2-3-13(11-15)5-8-16/h2-4,11-12,14H,5-10,16H2,1H3. The van der Waals surface area contributed by atoms with E-state index in [1.165, 1.54) is 24.0 Å². The third-order valence-corrected chi connectivity index (χ3v) is 3.88. The van der Waals surface area contributed by atoms with Crippen molar-refractivity contribution in [1.82, 2.24) is 0 Å². The molecule has 1 unspecified atom stereocenters. The molecule has 2 N–H and O–H groups in total. The maximum atomic E-state index is 5.61. The number of hydrogen-bond donors (Lipinski definition) is 1. The summed E-state index contributed by atoms with van der Waals surface area (Å²) in [6.07, 6.45) is 3.37. The Kier molecular flexibility index (Phi) is 4.57. The van der Waals surface area contributed by atoms with Gasteiger partial charge in [-0.1, -0.05) is 31.2 Å². The van der Waals surface area contributed by atoms with Gasteiger partial charge in [-0.25, -0.2) is 0 Å². The number of benzene rings is 1. The first kappa shape index (κ1) is 12.6. The molecule has 0 amide bonds. The lowest BCUT2D eigenvalue weighted by molar-refractivity contribution is 0.0596. The van der Waals surface area contributed by atoms with Crippen LogP contribution in [0.5, 0.6) is 0 Å². The fraction of sp³-hybridized carbons (Fsp3) is 0.600. The largest absolute Gasteiger partial charge is 0.381 e. The first-order chi connectivity index (χ1) is 8.31. The average molecular weight is 233 g/mol. The van der Waals surface area contributed by atoms with Gasteiger partial charge in [-0.15, -0.1) is 0 Å². The van der Waals surface area contributed by atoms with E-state index >= 15 is 0 Å². The Morgan fingerprint density at radius 1 is 1.35 bits per heavy atom. The Morgan fingerprint density at radius 3 is 2.82 bits per heavy atom. The predicted octanol–water partition coefficient (Wildman–Crippen LogP) is 2.72. The molecular weight excluding hydrogens is 210 g/mol. The van der Waals surface area contributed by atoms with Gasteiger partial charge < -0.3 is 10.5 Å². The summed E-state index contributed by atoms with van der Waals surface area (Å²) in [6, 6.07) is 8.91. The molecule has 17 heavy (non-hydrogen) atoms. The summed E-state index contributed by atoms with van der Waals surface area (Å²) >= 11 is 0. The molecular formula is C15H23NO. The number of nitrogens with two attached hydrogens (primary N) is 1. The smallest absolute Gasteiger partial charge is 0.0468 e. The maximum absolute atomic E-state index is 5.61. The second-order valence-corrected chi connectivity index (χ2v) is 5.02. The van der Waals surface area contributed by atoms with Gasteiger partial charge >= 0.3 is 0 Å². The van der Waals surface area contributed by atoms with Crippen molar-refractivity contribution in [1.29, 1.82) is 0 Å². The highest BCUT2D eigenvalue weighted by Crippen LogP contribution is 2.31. The summed E-state index contributed by atoms with van der Waals surface area (Å²) in [6.45, 7) is 4.93. The maximum Gasteiger partial charge on any atom is 0.0468 e.